The molecule has 1 aliphatic rings. The number of rotatable bonds is 5. The SMILES string of the molecule is CSCCC(CN)N1CC(C)OC(C)(C)C1. The molecule has 16 heavy (non-hydrogen) atoms. The summed E-state index contributed by atoms with van der Waals surface area (Å²) in [4.78, 5) is 2.50. The van der Waals surface area contributed by atoms with Crippen LogP contribution in [0.1, 0.15) is 27.2 Å². The van der Waals surface area contributed by atoms with Crippen LogP contribution in [0.15, 0.2) is 0 Å². The van der Waals surface area contributed by atoms with E-state index in [-0.39, 0.29) is 5.60 Å². The second-order valence-corrected chi connectivity index (χ2v) is 6.27. The third-order valence-electron chi connectivity index (χ3n) is 3.04. The molecule has 2 N–H and O–H groups in total. The van der Waals surface area contributed by atoms with E-state index >= 15 is 0 Å². The third-order valence-corrected chi connectivity index (χ3v) is 3.68. The van der Waals surface area contributed by atoms with E-state index in [4.69, 9.17) is 10.5 Å². The summed E-state index contributed by atoms with van der Waals surface area (Å²) in [6.07, 6.45) is 3.65. The molecule has 0 aromatic carbocycles. The molecule has 0 saturated carbocycles. The molecule has 0 amide bonds. The van der Waals surface area contributed by atoms with E-state index in [0.29, 0.717) is 12.1 Å². The molecule has 1 aliphatic heterocycles. The van der Waals surface area contributed by atoms with Gasteiger partial charge in [0.05, 0.1) is 11.7 Å². The second kappa shape index (κ2) is 6.24. The lowest BCUT2D eigenvalue weighted by Crippen LogP contribution is -2.56. The average Bonchev–Trinajstić information content (AvgIpc) is 2.15. The van der Waals surface area contributed by atoms with Gasteiger partial charge in [0.15, 0.2) is 0 Å². The summed E-state index contributed by atoms with van der Waals surface area (Å²) >= 11 is 1.90. The zero-order chi connectivity index (χ0) is 12.2. The van der Waals surface area contributed by atoms with Gasteiger partial charge in [0.2, 0.25) is 0 Å². The first kappa shape index (κ1) is 14.3. The number of hydrogen-bond acceptors (Lipinski definition) is 4. The van der Waals surface area contributed by atoms with Gasteiger partial charge in [-0.1, -0.05) is 0 Å². The topological polar surface area (TPSA) is 38.5 Å². The summed E-state index contributed by atoms with van der Waals surface area (Å²) < 4.78 is 5.92. The Morgan fingerprint density at radius 1 is 1.56 bits per heavy atom. The Morgan fingerprint density at radius 2 is 2.25 bits per heavy atom. The van der Waals surface area contributed by atoms with E-state index < -0.39 is 0 Å². The van der Waals surface area contributed by atoms with Crippen LogP contribution in [0.5, 0.6) is 0 Å². The largest absolute Gasteiger partial charge is 0.370 e. The maximum absolute atomic E-state index is 5.92. The van der Waals surface area contributed by atoms with Crippen LogP contribution in [0.25, 0.3) is 0 Å². The Hall–Kier alpha value is 0.230. The number of thioether (sulfide) groups is 1. The van der Waals surface area contributed by atoms with Crippen LogP contribution in [0.3, 0.4) is 0 Å². The lowest BCUT2D eigenvalue weighted by atomic mass is 10.0. The Labute approximate surface area is 104 Å². The normalized spacial score (nSPS) is 27.9. The molecule has 1 heterocycles. The Morgan fingerprint density at radius 3 is 2.75 bits per heavy atom. The molecule has 4 heteroatoms. The van der Waals surface area contributed by atoms with Crippen molar-refractivity contribution in [3.05, 3.63) is 0 Å². The van der Waals surface area contributed by atoms with Crippen molar-refractivity contribution in [2.24, 2.45) is 5.73 Å². The fourth-order valence-electron chi connectivity index (χ4n) is 2.48. The highest BCUT2D eigenvalue weighted by atomic mass is 32.2. The Bertz CT molecular complexity index is 211. The molecule has 0 aromatic heterocycles. The zero-order valence-corrected chi connectivity index (χ0v) is 11.8. The maximum atomic E-state index is 5.92. The smallest absolute Gasteiger partial charge is 0.0757 e. The van der Waals surface area contributed by atoms with Gasteiger partial charge in [-0.2, -0.15) is 11.8 Å². The van der Waals surface area contributed by atoms with Crippen LogP contribution < -0.4 is 5.73 Å². The molecule has 0 aliphatic carbocycles. The maximum Gasteiger partial charge on any atom is 0.0757 e. The van der Waals surface area contributed by atoms with Gasteiger partial charge in [-0.15, -0.1) is 0 Å². The molecule has 2 atom stereocenters. The van der Waals surface area contributed by atoms with Crippen molar-refractivity contribution in [2.75, 3.05) is 31.6 Å². The van der Waals surface area contributed by atoms with Gasteiger partial charge in [0.25, 0.3) is 0 Å². The van der Waals surface area contributed by atoms with Crippen LogP contribution in [-0.2, 0) is 4.74 Å². The molecule has 3 nitrogen and oxygen atoms in total. The summed E-state index contributed by atoms with van der Waals surface area (Å²) in [6.45, 7) is 9.24. The zero-order valence-electron chi connectivity index (χ0n) is 11.0. The van der Waals surface area contributed by atoms with Gasteiger partial charge in [-0.05, 0) is 39.2 Å². The minimum absolute atomic E-state index is 0.0373. The van der Waals surface area contributed by atoms with E-state index in [1.165, 1.54) is 12.2 Å². The van der Waals surface area contributed by atoms with Gasteiger partial charge in [-0.3, -0.25) is 4.90 Å². The molecule has 96 valence electrons. The Kier molecular flexibility index (Phi) is 5.57. The van der Waals surface area contributed by atoms with Gasteiger partial charge in [0.1, 0.15) is 0 Å². The van der Waals surface area contributed by atoms with Gasteiger partial charge in [-0.25, -0.2) is 0 Å². The van der Waals surface area contributed by atoms with Crippen LogP contribution in [0.2, 0.25) is 0 Å². The van der Waals surface area contributed by atoms with Crippen LogP contribution in [0.4, 0.5) is 0 Å². The Balaban J connectivity index is 2.55. The molecule has 2 unspecified atom stereocenters. The second-order valence-electron chi connectivity index (χ2n) is 5.29. The van der Waals surface area contributed by atoms with Crippen molar-refractivity contribution >= 4 is 11.8 Å². The van der Waals surface area contributed by atoms with E-state index in [0.717, 1.165) is 19.6 Å². The summed E-state index contributed by atoms with van der Waals surface area (Å²) in [5, 5.41) is 0. The monoisotopic (exact) mass is 246 g/mol. The number of morpholine rings is 1. The predicted molar refractivity (Wildman–Crippen MR) is 72.0 cm³/mol. The molecule has 1 rings (SSSR count). The first-order chi connectivity index (χ1) is 7.48. The summed E-state index contributed by atoms with van der Waals surface area (Å²) in [5.74, 6) is 1.19. The lowest BCUT2D eigenvalue weighted by molar-refractivity contribution is -0.137. The fraction of sp³-hybridized carbons (Fsp3) is 1.00. The van der Waals surface area contributed by atoms with Gasteiger partial charge in [0, 0.05) is 25.7 Å². The number of ether oxygens (including phenoxy) is 1. The molecule has 1 fully saturated rings. The molecule has 0 spiro atoms. The van der Waals surface area contributed by atoms with E-state index in [2.05, 4.69) is 31.9 Å². The molecule has 1 saturated heterocycles. The van der Waals surface area contributed by atoms with Crippen molar-refractivity contribution in [1.29, 1.82) is 0 Å². The lowest BCUT2D eigenvalue weighted by Gasteiger charge is -2.45. The van der Waals surface area contributed by atoms with Gasteiger partial charge < -0.3 is 10.5 Å². The molecular weight excluding hydrogens is 220 g/mol. The van der Waals surface area contributed by atoms with Crippen LogP contribution in [-0.4, -0.2) is 54.3 Å². The van der Waals surface area contributed by atoms with Crippen molar-refractivity contribution in [1.82, 2.24) is 4.90 Å². The standard InChI is InChI=1S/C12H26N2OS/c1-10-8-14(9-12(2,3)15-10)11(7-13)5-6-16-4/h10-11H,5-9,13H2,1-4H3. The highest BCUT2D eigenvalue weighted by molar-refractivity contribution is 7.98. The van der Waals surface area contributed by atoms with Gasteiger partial charge >= 0.3 is 0 Å². The van der Waals surface area contributed by atoms with Crippen molar-refractivity contribution in [2.45, 2.75) is 44.9 Å². The summed E-state index contributed by atoms with van der Waals surface area (Å²) in [7, 11) is 0. The first-order valence-corrected chi connectivity index (χ1v) is 7.49. The average molecular weight is 246 g/mol. The minimum atomic E-state index is -0.0373. The fourth-order valence-corrected chi connectivity index (χ4v) is 2.99. The van der Waals surface area contributed by atoms with Crippen molar-refractivity contribution < 1.29 is 4.74 Å². The predicted octanol–water partition coefficient (Wildman–Crippen LogP) is 1.57. The van der Waals surface area contributed by atoms with Crippen molar-refractivity contribution in [3.63, 3.8) is 0 Å². The number of nitrogens with two attached hydrogens (primary N) is 1. The highest BCUT2D eigenvalue weighted by Gasteiger charge is 2.33. The van der Waals surface area contributed by atoms with Crippen LogP contribution in [0, 0.1) is 0 Å². The molecule has 0 radical (unpaired) electrons. The quantitative estimate of drug-likeness (QED) is 0.799. The van der Waals surface area contributed by atoms with E-state index in [1.807, 2.05) is 11.8 Å². The van der Waals surface area contributed by atoms with E-state index in [9.17, 15) is 0 Å². The minimum Gasteiger partial charge on any atom is -0.370 e. The highest BCUT2D eigenvalue weighted by Crippen LogP contribution is 2.23. The number of hydrogen-bond donors (Lipinski definition) is 1. The summed E-state index contributed by atoms with van der Waals surface area (Å²) in [5.41, 5.74) is 5.85. The first-order valence-electron chi connectivity index (χ1n) is 6.09. The van der Waals surface area contributed by atoms with Crippen LogP contribution >= 0.6 is 11.8 Å². The molecule has 0 bridgehead atoms. The summed E-state index contributed by atoms with van der Waals surface area (Å²) in [6, 6.07) is 0.512. The third kappa shape index (κ3) is 4.24. The molecular formula is C12H26N2OS. The number of nitrogens with zero attached hydrogens (tertiary/aromatic N) is 1. The molecule has 0 aromatic rings. The van der Waals surface area contributed by atoms with E-state index in [1.54, 1.807) is 0 Å². The van der Waals surface area contributed by atoms with Crippen molar-refractivity contribution in [3.8, 4) is 0 Å².